The molecule has 0 saturated carbocycles. The second-order valence-corrected chi connectivity index (χ2v) is 5.61. The Labute approximate surface area is 134 Å². The number of nitrogens with zero attached hydrogens (tertiary/aromatic N) is 1. The number of carboxylic acids is 1. The molecule has 3 rings (SSSR count). The van der Waals surface area contributed by atoms with Crippen LogP contribution in [0.15, 0.2) is 48.5 Å². The van der Waals surface area contributed by atoms with Crippen LogP contribution in [0.25, 0.3) is 0 Å². The van der Waals surface area contributed by atoms with Gasteiger partial charge < -0.3 is 14.7 Å². The minimum absolute atomic E-state index is 0.0524. The molecule has 0 bridgehead atoms. The predicted octanol–water partition coefficient (Wildman–Crippen LogP) is 3.22. The van der Waals surface area contributed by atoms with Gasteiger partial charge in [-0.2, -0.15) is 0 Å². The first-order valence-electron chi connectivity index (χ1n) is 7.41. The van der Waals surface area contributed by atoms with Gasteiger partial charge in [0.25, 0.3) is 0 Å². The molecular formula is C18H17NO4. The lowest BCUT2D eigenvalue weighted by molar-refractivity contribution is -0.141. The highest BCUT2D eigenvalue weighted by Gasteiger charge is 2.34. The van der Waals surface area contributed by atoms with Crippen molar-refractivity contribution in [3.8, 4) is 11.5 Å². The maximum atomic E-state index is 11.9. The van der Waals surface area contributed by atoms with Crippen LogP contribution in [-0.4, -0.2) is 23.5 Å². The molecule has 2 aromatic carbocycles. The number of aryl methyl sites for hydroxylation is 1. The smallest absolute Gasteiger partial charge is 0.308 e. The number of amides is 1. The molecule has 1 fully saturated rings. The van der Waals surface area contributed by atoms with Gasteiger partial charge in [0, 0.05) is 18.7 Å². The van der Waals surface area contributed by atoms with Crippen molar-refractivity contribution >= 4 is 17.6 Å². The van der Waals surface area contributed by atoms with Gasteiger partial charge in [0.2, 0.25) is 5.91 Å². The van der Waals surface area contributed by atoms with E-state index in [1.54, 1.807) is 24.3 Å². The van der Waals surface area contributed by atoms with Crippen LogP contribution in [0.2, 0.25) is 0 Å². The minimum Gasteiger partial charge on any atom is -0.481 e. The predicted molar refractivity (Wildman–Crippen MR) is 85.8 cm³/mol. The summed E-state index contributed by atoms with van der Waals surface area (Å²) >= 11 is 0. The zero-order valence-corrected chi connectivity index (χ0v) is 12.7. The number of ether oxygens (including phenoxy) is 1. The molecule has 1 amide bonds. The van der Waals surface area contributed by atoms with E-state index in [0.29, 0.717) is 11.4 Å². The normalized spacial score (nSPS) is 17.3. The number of hydrogen-bond acceptors (Lipinski definition) is 3. The van der Waals surface area contributed by atoms with Crippen molar-refractivity contribution in [1.29, 1.82) is 0 Å². The number of anilines is 1. The lowest BCUT2D eigenvalue weighted by atomic mass is 10.1. The van der Waals surface area contributed by atoms with E-state index in [4.69, 9.17) is 9.84 Å². The van der Waals surface area contributed by atoms with Crippen LogP contribution >= 0.6 is 0 Å². The van der Waals surface area contributed by atoms with Crippen LogP contribution in [0.4, 0.5) is 5.69 Å². The summed E-state index contributed by atoms with van der Waals surface area (Å²) in [5, 5.41) is 9.03. The van der Waals surface area contributed by atoms with Gasteiger partial charge in [-0.1, -0.05) is 18.2 Å². The van der Waals surface area contributed by atoms with Crippen molar-refractivity contribution in [2.75, 3.05) is 11.4 Å². The number of benzene rings is 2. The molecule has 1 unspecified atom stereocenters. The molecule has 1 aliphatic heterocycles. The molecule has 1 aliphatic rings. The Hall–Kier alpha value is -2.82. The third-order valence-corrected chi connectivity index (χ3v) is 3.94. The number of carbonyl (C=O) groups excluding carboxylic acids is 1. The summed E-state index contributed by atoms with van der Waals surface area (Å²) in [6.07, 6.45) is 0.0524. The topological polar surface area (TPSA) is 66.8 Å². The number of carboxylic acid groups (broad SMARTS) is 1. The molecule has 0 radical (unpaired) electrons. The van der Waals surface area contributed by atoms with Crippen molar-refractivity contribution in [2.24, 2.45) is 5.92 Å². The number of aliphatic carboxylic acids is 1. The number of hydrogen-bond donors (Lipinski definition) is 1. The summed E-state index contributed by atoms with van der Waals surface area (Å²) in [6.45, 7) is 2.19. The lowest BCUT2D eigenvalue weighted by Gasteiger charge is -2.16. The zero-order chi connectivity index (χ0) is 16.4. The average molecular weight is 311 g/mol. The fourth-order valence-corrected chi connectivity index (χ4v) is 2.61. The van der Waals surface area contributed by atoms with Gasteiger partial charge >= 0.3 is 5.97 Å². The van der Waals surface area contributed by atoms with Gasteiger partial charge in [-0.3, -0.25) is 9.59 Å². The molecule has 1 heterocycles. The highest BCUT2D eigenvalue weighted by Crippen LogP contribution is 2.29. The Balaban J connectivity index is 1.74. The van der Waals surface area contributed by atoms with Crippen molar-refractivity contribution < 1.29 is 19.4 Å². The summed E-state index contributed by atoms with van der Waals surface area (Å²) in [5.74, 6) is -0.274. The van der Waals surface area contributed by atoms with E-state index in [2.05, 4.69) is 0 Å². The number of para-hydroxylation sites is 1. The van der Waals surface area contributed by atoms with E-state index in [0.717, 1.165) is 11.3 Å². The molecule has 0 aliphatic carbocycles. The third kappa shape index (κ3) is 3.18. The summed E-state index contributed by atoms with van der Waals surface area (Å²) < 4.78 is 5.82. The average Bonchev–Trinajstić information content (AvgIpc) is 2.93. The monoisotopic (exact) mass is 311 g/mol. The van der Waals surface area contributed by atoms with Crippen molar-refractivity contribution in [1.82, 2.24) is 0 Å². The van der Waals surface area contributed by atoms with Gasteiger partial charge in [0.15, 0.2) is 0 Å². The highest BCUT2D eigenvalue weighted by molar-refractivity contribution is 5.99. The first-order chi connectivity index (χ1) is 11.0. The van der Waals surface area contributed by atoms with Gasteiger partial charge in [0.1, 0.15) is 11.5 Å². The molecule has 23 heavy (non-hydrogen) atoms. The van der Waals surface area contributed by atoms with E-state index in [1.807, 2.05) is 31.2 Å². The summed E-state index contributed by atoms with van der Waals surface area (Å²) in [5.41, 5.74) is 1.73. The summed E-state index contributed by atoms with van der Waals surface area (Å²) in [6, 6.07) is 14.8. The maximum absolute atomic E-state index is 11.9. The van der Waals surface area contributed by atoms with Crippen molar-refractivity contribution in [3.63, 3.8) is 0 Å². The SMILES string of the molecule is Cc1ccccc1Oc1ccc(N2CC(C(=O)O)CC2=O)cc1. The Bertz CT molecular complexity index is 739. The molecule has 5 nitrogen and oxygen atoms in total. The van der Waals surface area contributed by atoms with Crippen LogP contribution in [-0.2, 0) is 9.59 Å². The molecule has 118 valence electrons. The van der Waals surface area contributed by atoms with E-state index in [9.17, 15) is 9.59 Å². The fourth-order valence-electron chi connectivity index (χ4n) is 2.61. The van der Waals surface area contributed by atoms with Crippen LogP contribution < -0.4 is 9.64 Å². The Morgan fingerprint density at radius 1 is 1.17 bits per heavy atom. The molecule has 1 atom stereocenters. The second-order valence-electron chi connectivity index (χ2n) is 5.61. The number of carbonyl (C=O) groups is 2. The maximum Gasteiger partial charge on any atom is 0.308 e. The fraction of sp³-hybridized carbons (Fsp3) is 0.222. The molecule has 1 N–H and O–H groups in total. The molecule has 5 heteroatoms. The lowest BCUT2D eigenvalue weighted by Crippen LogP contribution is -2.25. The highest BCUT2D eigenvalue weighted by atomic mass is 16.5. The van der Waals surface area contributed by atoms with Gasteiger partial charge in [-0.15, -0.1) is 0 Å². The van der Waals surface area contributed by atoms with Gasteiger partial charge in [0.05, 0.1) is 5.92 Å². The third-order valence-electron chi connectivity index (χ3n) is 3.94. The Morgan fingerprint density at radius 3 is 2.48 bits per heavy atom. The molecule has 2 aromatic rings. The van der Waals surface area contributed by atoms with Crippen molar-refractivity contribution in [2.45, 2.75) is 13.3 Å². The number of rotatable bonds is 4. The summed E-state index contributed by atoms with van der Waals surface area (Å²) in [7, 11) is 0. The van der Waals surface area contributed by atoms with Crippen LogP contribution in [0, 0.1) is 12.8 Å². The van der Waals surface area contributed by atoms with Crippen molar-refractivity contribution in [3.05, 3.63) is 54.1 Å². The quantitative estimate of drug-likeness (QED) is 0.941. The summed E-state index contributed by atoms with van der Waals surface area (Å²) in [4.78, 5) is 24.5. The van der Waals surface area contributed by atoms with E-state index in [1.165, 1.54) is 4.90 Å². The van der Waals surface area contributed by atoms with Crippen LogP contribution in [0.1, 0.15) is 12.0 Å². The minimum atomic E-state index is -0.930. The van der Waals surface area contributed by atoms with Gasteiger partial charge in [-0.25, -0.2) is 0 Å². The van der Waals surface area contributed by atoms with E-state index in [-0.39, 0.29) is 18.9 Å². The van der Waals surface area contributed by atoms with E-state index < -0.39 is 11.9 Å². The Kier molecular flexibility index (Phi) is 4.02. The standard InChI is InChI=1S/C18H17NO4/c1-12-4-2-3-5-16(12)23-15-8-6-14(7-9-15)19-11-13(18(21)22)10-17(19)20/h2-9,13H,10-11H2,1H3,(H,21,22). The van der Waals surface area contributed by atoms with E-state index >= 15 is 0 Å². The Morgan fingerprint density at radius 2 is 1.87 bits per heavy atom. The zero-order valence-electron chi connectivity index (χ0n) is 12.7. The molecule has 1 saturated heterocycles. The molecule has 0 aromatic heterocycles. The van der Waals surface area contributed by atoms with Crippen LogP contribution in [0.5, 0.6) is 11.5 Å². The largest absolute Gasteiger partial charge is 0.481 e. The first-order valence-corrected chi connectivity index (χ1v) is 7.41. The molecular weight excluding hydrogens is 294 g/mol. The van der Waals surface area contributed by atoms with Gasteiger partial charge in [-0.05, 0) is 42.8 Å². The van der Waals surface area contributed by atoms with Crippen LogP contribution in [0.3, 0.4) is 0 Å². The molecule has 0 spiro atoms. The first kappa shape index (κ1) is 15.1. The second kappa shape index (κ2) is 6.12.